The maximum absolute atomic E-state index is 12.2. The summed E-state index contributed by atoms with van der Waals surface area (Å²) < 4.78 is 5.86. The van der Waals surface area contributed by atoms with Crippen molar-refractivity contribution in [3.05, 3.63) is 0 Å². The SMILES string of the molecule is CCCNC(=O)N[C@H]1CC[C@@H](CC(=O)NC2CCCCC2)O[C@H]1CO. The van der Waals surface area contributed by atoms with Crippen molar-refractivity contribution in [2.75, 3.05) is 13.2 Å². The Morgan fingerprint density at radius 3 is 2.52 bits per heavy atom. The Bertz CT molecular complexity index is 427. The largest absolute Gasteiger partial charge is 0.394 e. The number of ether oxygens (including phenoxy) is 1. The molecular weight excluding hydrogens is 322 g/mol. The Labute approximate surface area is 150 Å². The van der Waals surface area contributed by atoms with Crippen LogP contribution in [0, 0.1) is 0 Å². The monoisotopic (exact) mass is 355 g/mol. The molecule has 7 heteroatoms. The van der Waals surface area contributed by atoms with Gasteiger partial charge in [-0.15, -0.1) is 0 Å². The molecule has 1 heterocycles. The average Bonchev–Trinajstić information content (AvgIpc) is 2.62. The van der Waals surface area contributed by atoms with Crippen molar-refractivity contribution in [2.45, 2.75) is 89.0 Å². The van der Waals surface area contributed by atoms with Crippen LogP contribution in [-0.4, -0.2) is 54.5 Å². The zero-order valence-corrected chi connectivity index (χ0v) is 15.3. The third-order valence-corrected chi connectivity index (χ3v) is 5.03. The van der Waals surface area contributed by atoms with Gasteiger partial charge in [0.1, 0.15) is 6.10 Å². The third-order valence-electron chi connectivity index (χ3n) is 5.03. The molecule has 25 heavy (non-hydrogen) atoms. The molecular formula is C18H33N3O4. The van der Waals surface area contributed by atoms with Crippen molar-refractivity contribution < 1.29 is 19.4 Å². The summed E-state index contributed by atoms with van der Waals surface area (Å²) in [5.74, 6) is 0.0284. The minimum absolute atomic E-state index is 0.0284. The molecule has 2 aliphatic rings. The van der Waals surface area contributed by atoms with Gasteiger partial charge in [0, 0.05) is 12.6 Å². The van der Waals surface area contributed by atoms with Gasteiger partial charge in [-0.1, -0.05) is 26.2 Å². The fourth-order valence-corrected chi connectivity index (χ4v) is 3.65. The first-order chi connectivity index (χ1) is 12.1. The van der Waals surface area contributed by atoms with E-state index in [4.69, 9.17) is 4.74 Å². The van der Waals surface area contributed by atoms with Crippen LogP contribution in [0.15, 0.2) is 0 Å². The Morgan fingerprint density at radius 2 is 1.84 bits per heavy atom. The van der Waals surface area contributed by atoms with Gasteiger partial charge in [-0.3, -0.25) is 4.79 Å². The lowest BCUT2D eigenvalue weighted by atomic mass is 9.94. The van der Waals surface area contributed by atoms with Crippen LogP contribution in [0.4, 0.5) is 4.79 Å². The molecule has 2 fully saturated rings. The summed E-state index contributed by atoms with van der Waals surface area (Å²) in [6.45, 7) is 2.44. The Kier molecular flexibility index (Phi) is 8.48. The van der Waals surface area contributed by atoms with Crippen molar-refractivity contribution in [1.29, 1.82) is 0 Å². The second-order valence-electron chi connectivity index (χ2n) is 7.17. The van der Waals surface area contributed by atoms with E-state index in [0.29, 0.717) is 31.8 Å². The van der Waals surface area contributed by atoms with Crippen molar-refractivity contribution in [3.63, 3.8) is 0 Å². The number of carbonyl (C=O) groups is 2. The van der Waals surface area contributed by atoms with E-state index in [2.05, 4.69) is 16.0 Å². The molecule has 4 N–H and O–H groups in total. The van der Waals surface area contributed by atoms with Crippen LogP contribution in [0.25, 0.3) is 0 Å². The molecule has 144 valence electrons. The van der Waals surface area contributed by atoms with Crippen molar-refractivity contribution in [3.8, 4) is 0 Å². The first kappa shape index (κ1) is 20.0. The highest BCUT2D eigenvalue weighted by Crippen LogP contribution is 2.23. The lowest BCUT2D eigenvalue weighted by molar-refractivity contribution is -0.131. The molecule has 7 nitrogen and oxygen atoms in total. The summed E-state index contributed by atoms with van der Waals surface area (Å²) in [6, 6.07) is -0.156. The molecule has 2 rings (SSSR count). The maximum atomic E-state index is 12.2. The normalized spacial score (nSPS) is 27.5. The molecule has 3 amide bonds. The number of hydrogen-bond acceptors (Lipinski definition) is 4. The van der Waals surface area contributed by atoms with Crippen molar-refractivity contribution in [1.82, 2.24) is 16.0 Å². The first-order valence-electron chi connectivity index (χ1n) is 9.72. The van der Waals surface area contributed by atoms with Crippen LogP contribution >= 0.6 is 0 Å². The summed E-state index contributed by atoms with van der Waals surface area (Å²) >= 11 is 0. The number of rotatable bonds is 7. The number of hydrogen-bond donors (Lipinski definition) is 4. The van der Waals surface area contributed by atoms with Gasteiger partial charge in [0.15, 0.2) is 0 Å². The van der Waals surface area contributed by atoms with E-state index in [1.807, 2.05) is 6.92 Å². The van der Waals surface area contributed by atoms with Crippen molar-refractivity contribution >= 4 is 11.9 Å². The average molecular weight is 355 g/mol. The lowest BCUT2D eigenvalue weighted by Gasteiger charge is -2.36. The van der Waals surface area contributed by atoms with E-state index >= 15 is 0 Å². The van der Waals surface area contributed by atoms with Crippen LogP contribution in [-0.2, 0) is 9.53 Å². The number of aliphatic hydroxyl groups is 1. The molecule has 0 aromatic carbocycles. The minimum Gasteiger partial charge on any atom is -0.394 e. The van der Waals surface area contributed by atoms with Gasteiger partial charge in [-0.05, 0) is 32.1 Å². The Balaban J connectivity index is 1.74. The molecule has 1 saturated carbocycles. The van der Waals surface area contributed by atoms with Crippen LogP contribution in [0.1, 0.15) is 64.7 Å². The molecule has 1 aliphatic heterocycles. The summed E-state index contributed by atoms with van der Waals surface area (Å²) in [5.41, 5.74) is 0. The topological polar surface area (TPSA) is 99.7 Å². The highest BCUT2D eigenvalue weighted by Gasteiger charge is 2.33. The molecule has 0 aromatic heterocycles. The molecule has 1 aliphatic carbocycles. The Morgan fingerprint density at radius 1 is 1.08 bits per heavy atom. The van der Waals surface area contributed by atoms with E-state index in [1.165, 1.54) is 19.3 Å². The van der Waals surface area contributed by atoms with Crippen LogP contribution in [0.2, 0.25) is 0 Å². The fraction of sp³-hybridized carbons (Fsp3) is 0.889. The zero-order valence-electron chi connectivity index (χ0n) is 15.3. The highest BCUT2D eigenvalue weighted by atomic mass is 16.5. The molecule has 0 aromatic rings. The summed E-state index contributed by atoms with van der Waals surface area (Å²) in [4.78, 5) is 24.0. The second kappa shape index (κ2) is 10.6. The van der Waals surface area contributed by atoms with Gasteiger partial charge in [-0.2, -0.15) is 0 Å². The number of amides is 3. The van der Waals surface area contributed by atoms with E-state index in [9.17, 15) is 14.7 Å². The fourth-order valence-electron chi connectivity index (χ4n) is 3.65. The number of urea groups is 1. The predicted molar refractivity (Wildman–Crippen MR) is 95.2 cm³/mol. The van der Waals surface area contributed by atoms with Crippen LogP contribution in [0.3, 0.4) is 0 Å². The molecule has 0 spiro atoms. The predicted octanol–water partition coefficient (Wildman–Crippen LogP) is 1.44. The van der Waals surface area contributed by atoms with Crippen molar-refractivity contribution in [2.24, 2.45) is 0 Å². The maximum Gasteiger partial charge on any atom is 0.315 e. The molecule has 0 bridgehead atoms. The van der Waals surface area contributed by atoms with Crippen LogP contribution in [0.5, 0.6) is 0 Å². The standard InChI is InChI=1S/C18H33N3O4/c1-2-10-19-18(24)21-15-9-8-14(25-16(15)12-22)11-17(23)20-13-6-4-3-5-7-13/h13-16,22H,2-12H2,1H3,(H,20,23)(H2,19,21,24)/t14-,15-,16-/m0/s1. The van der Waals surface area contributed by atoms with E-state index < -0.39 is 6.10 Å². The summed E-state index contributed by atoms with van der Waals surface area (Å²) in [5, 5.41) is 18.3. The molecule has 0 radical (unpaired) electrons. The Hall–Kier alpha value is -1.34. The van der Waals surface area contributed by atoms with E-state index in [0.717, 1.165) is 19.3 Å². The number of carbonyl (C=O) groups excluding carboxylic acids is 2. The van der Waals surface area contributed by atoms with Gasteiger partial charge in [0.2, 0.25) is 5.91 Å². The van der Waals surface area contributed by atoms with Gasteiger partial charge in [-0.25, -0.2) is 4.79 Å². The number of aliphatic hydroxyl groups excluding tert-OH is 1. The molecule has 0 unspecified atom stereocenters. The van der Waals surface area contributed by atoms with E-state index in [1.54, 1.807) is 0 Å². The molecule has 1 saturated heterocycles. The van der Waals surface area contributed by atoms with Gasteiger partial charge >= 0.3 is 6.03 Å². The zero-order chi connectivity index (χ0) is 18.1. The molecule has 3 atom stereocenters. The van der Waals surface area contributed by atoms with E-state index in [-0.39, 0.29) is 30.7 Å². The summed E-state index contributed by atoms with van der Waals surface area (Å²) in [7, 11) is 0. The van der Waals surface area contributed by atoms with Crippen LogP contribution < -0.4 is 16.0 Å². The highest BCUT2D eigenvalue weighted by molar-refractivity contribution is 5.77. The quantitative estimate of drug-likeness (QED) is 0.555. The van der Waals surface area contributed by atoms with Gasteiger partial charge in [0.25, 0.3) is 0 Å². The first-order valence-corrected chi connectivity index (χ1v) is 9.72. The number of nitrogens with one attached hydrogen (secondary N) is 3. The third kappa shape index (κ3) is 6.82. The van der Waals surface area contributed by atoms with Gasteiger partial charge in [0.05, 0.1) is 25.2 Å². The minimum atomic E-state index is -0.464. The lowest BCUT2D eigenvalue weighted by Crippen LogP contribution is -2.54. The second-order valence-corrected chi connectivity index (χ2v) is 7.17. The van der Waals surface area contributed by atoms with Gasteiger partial charge < -0.3 is 25.8 Å². The smallest absolute Gasteiger partial charge is 0.315 e. The summed E-state index contributed by atoms with van der Waals surface area (Å²) in [6.07, 6.45) is 7.69.